The first-order chi connectivity index (χ1) is 9.04. The van der Waals surface area contributed by atoms with Gasteiger partial charge in [-0.1, -0.05) is 12.1 Å². The van der Waals surface area contributed by atoms with Crippen LogP contribution in [-0.4, -0.2) is 23.4 Å². The first-order valence-corrected chi connectivity index (χ1v) is 6.29. The van der Waals surface area contributed by atoms with Crippen molar-refractivity contribution in [3.8, 4) is 0 Å². The Kier molecular flexibility index (Phi) is 5.47. The summed E-state index contributed by atoms with van der Waals surface area (Å²) in [5.41, 5.74) is 6.19. The minimum absolute atomic E-state index is 0. The molecule has 0 aliphatic heterocycles. The van der Waals surface area contributed by atoms with Crippen LogP contribution in [0, 0.1) is 23.0 Å². The molecule has 1 atom stereocenters. The zero-order valence-electron chi connectivity index (χ0n) is 11.2. The molecule has 0 saturated heterocycles. The second-order valence-corrected chi connectivity index (χ2v) is 4.88. The molecule has 1 aliphatic carbocycles. The van der Waals surface area contributed by atoms with Crippen LogP contribution in [0.3, 0.4) is 0 Å². The largest absolute Gasteiger partial charge is 0.348 e. The highest BCUT2D eigenvalue weighted by molar-refractivity contribution is 5.99. The average Bonchev–Trinajstić information content (AvgIpc) is 3.19. The lowest BCUT2D eigenvalue weighted by Gasteiger charge is -2.16. The van der Waals surface area contributed by atoms with E-state index in [-0.39, 0.29) is 29.7 Å². The van der Waals surface area contributed by atoms with Gasteiger partial charge in [-0.2, -0.15) is 0 Å². The zero-order valence-corrected chi connectivity index (χ0v) is 12.0. The third-order valence-corrected chi connectivity index (χ3v) is 3.44. The Hall–Kier alpha value is -1.66. The molecule has 3 N–H and O–H groups in total. The number of carbonyl (C=O) groups is 1. The van der Waals surface area contributed by atoms with Crippen molar-refractivity contribution in [1.29, 1.82) is 0 Å². The topological polar surface area (TPSA) is 98.3 Å². The van der Waals surface area contributed by atoms with E-state index in [4.69, 9.17) is 5.73 Å². The minimum atomic E-state index is -0.531. The average molecular weight is 300 g/mol. The zero-order chi connectivity index (χ0) is 14.0. The standard InChI is InChI=1S/C13H17N3O3.ClH/c1-8-3-2-4-11(16(18)19)12(8)13(17)15-10(7-14)9-5-6-9;/h2-4,9-10H,5-7,14H2,1H3,(H,15,17);1H. The first kappa shape index (κ1) is 16.4. The molecule has 0 spiro atoms. The van der Waals surface area contributed by atoms with Crippen LogP contribution in [0.1, 0.15) is 28.8 Å². The van der Waals surface area contributed by atoms with E-state index in [1.165, 1.54) is 6.07 Å². The molecule has 1 saturated carbocycles. The summed E-state index contributed by atoms with van der Waals surface area (Å²) in [6.45, 7) is 2.05. The molecule has 1 fully saturated rings. The molecule has 2 rings (SSSR count). The number of nitrogens with two attached hydrogens (primary N) is 1. The van der Waals surface area contributed by atoms with Crippen molar-refractivity contribution < 1.29 is 9.72 Å². The van der Waals surface area contributed by atoms with E-state index in [0.717, 1.165) is 12.8 Å². The molecule has 1 unspecified atom stereocenters. The third-order valence-electron chi connectivity index (χ3n) is 3.44. The molecule has 1 aliphatic rings. The van der Waals surface area contributed by atoms with Crippen LogP contribution in [0.2, 0.25) is 0 Å². The van der Waals surface area contributed by atoms with E-state index in [9.17, 15) is 14.9 Å². The number of nitrogens with one attached hydrogen (secondary N) is 1. The summed E-state index contributed by atoms with van der Waals surface area (Å²) < 4.78 is 0. The molecule has 0 heterocycles. The van der Waals surface area contributed by atoms with Crippen LogP contribution in [0.25, 0.3) is 0 Å². The second-order valence-electron chi connectivity index (χ2n) is 4.88. The summed E-state index contributed by atoms with van der Waals surface area (Å²) in [7, 11) is 0. The van der Waals surface area contributed by atoms with Gasteiger partial charge in [-0.3, -0.25) is 14.9 Å². The second kappa shape index (κ2) is 6.67. The molecule has 110 valence electrons. The summed E-state index contributed by atoms with van der Waals surface area (Å²) in [4.78, 5) is 22.7. The SMILES string of the molecule is Cc1cccc([N+](=O)[O-])c1C(=O)NC(CN)C1CC1.Cl. The fraction of sp³-hybridized carbons (Fsp3) is 0.462. The van der Waals surface area contributed by atoms with Gasteiger partial charge in [0.05, 0.1) is 4.92 Å². The van der Waals surface area contributed by atoms with Gasteiger partial charge in [-0.25, -0.2) is 0 Å². The lowest BCUT2D eigenvalue weighted by Crippen LogP contribution is -2.42. The number of nitro groups is 1. The van der Waals surface area contributed by atoms with Crippen molar-refractivity contribution in [3.05, 3.63) is 39.4 Å². The number of hydrogen-bond acceptors (Lipinski definition) is 4. The van der Waals surface area contributed by atoms with Crippen LogP contribution in [-0.2, 0) is 0 Å². The molecular weight excluding hydrogens is 282 g/mol. The monoisotopic (exact) mass is 299 g/mol. The Morgan fingerprint density at radius 3 is 2.70 bits per heavy atom. The molecule has 1 aromatic carbocycles. The molecule has 6 nitrogen and oxygen atoms in total. The number of nitro benzene ring substituents is 1. The van der Waals surface area contributed by atoms with Gasteiger partial charge in [0.15, 0.2) is 0 Å². The van der Waals surface area contributed by atoms with E-state index in [1.807, 2.05) is 0 Å². The Bertz CT molecular complexity index is 518. The van der Waals surface area contributed by atoms with Crippen LogP contribution in [0.5, 0.6) is 0 Å². The van der Waals surface area contributed by atoms with Crippen LogP contribution in [0.15, 0.2) is 18.2 Å². The molecule has 0 bridgehead atoms. The number of amides is 1. The molecule has 7 heteroatoms. The predicted octanol–water partition coefficient (Wildman–Crippen LogP) is 1.79. The van der Waals surface area contributed by atoms with Crippen LogP contribution >= 0.6 is 12.4 Å². The molecule has 1 aromatic rings. The molecular formula is C13H18ClN3O3. The van der Waals surface area contributed by atoms with Crippen LogP contribution in [0.4, 0.5) is 5.69 Å². The molecule has 0 radical (unpaired) electrons. The van der Waals surface area contributed by atoms with E-state index in [2.05, 4.69) is 5.32 Å². The maximum atomic E-state index is 12.2. The highest BCUT2D eigenvalue weighted by Gasteiger charge is 2.33. The fourth-order valence-electron chi connectivity index (χ4n) is 2.21. The van der Waals surface area contributed by atoms with Gasteiger partial charge in [0.2, 0.25) is 0 Å². The Labute approximate surface area is 123 Å². The van der Waals surface area contributed by atoms with Gasteiger partial charge in [0.1, 0.15) is 5.56 Å². The molecule has 1 amide bonds. The van der Waals surface area contributed by atoms with Gasteiger partial charge < -0.3 is 11.1 Å². The maximum absolute atomic E-state index is 12.2. The molecule has 20 heavy (non-hydrogen) atoms. The quantitative estimate of drug-likeness (QED) is 0.639. The lowest BCUT2D eigenvalue weighted by atomic mass is 10.0. The maximum Gasteiger partial charge on any atom is 0.282 e. The van der Waals surface area contributed by atoms with Crippen molar-refractivity contribution >= 4 is 24.0 Å². The van der Waals surface area contributed by atoms with Gasteiger partial charge in [-0.05, 0) is 31.2 Å². The third kappa shape index (κ3) is 3.46. The Balaban J connectivity index is 0.00000200. The highest BCUT2D eigenvalue weighted by atomic mass is 35.5. The number of halogens is 1. The predicted molar refractivity (Wildman–Crippen MR) is 78.1 cm³/mol. The number of benzene rings is 1. The van der Waals surface area contributed by atoms with Gasteiger partial charge in [0, 0.05) is 18.7 Å². The van der Waals surface area contributed by atoms with E-state index in [0.29, 0.717) is 18.0 Å². The Morgan fingerprint density at radius 1 is 1.55 bits per heavy atom. The fourth-order valence-corrected chi connectivity index (χ4v) is 2.21. The summed E-state index contributed by atoms with van der Waals surface area (Å²) in [5.74, 6) is 0.00387. The van der Waals surface area contributed by atoms with E-state index < -0.39 is 10.8 Å². The van der Waals surface area contributed by atoms with Crippen molar-refractivity contribution in [2.24, 2.45) is 11.7 Å². The summed E-state index contributed by atoms with van der Waals surface area (Å²) >= 11 is 0. The number of carbonyl (C=O) groups excluding carboxylic acids is 1. The Morgan fingerprint density at radius 2 is 2.20 bits per heavy atom. The highest BCUT2D eigenvalue weighted by Crippen LogP contribution is 2.32. The van der Waals surface area contributed by atoms with Crippen molar-refractivity contribution in [3.63, 3.8) is 0 Å². The van der Waals surface area contributed by atoms with Crippen molar-refractivity contribution in [2.45, 2.75) is 25.8 Å². The first-order valence-electron chi connectivity index (χ1n) is 6.29. The summed E-state index contributed by atoms with van der Waals surface area (Å²) in [5, 5.41) is 13.8. The van der Waals surface area contributed by atoms with Crippen molar-refractivity contribution in [2.75, 3.05) is 6.54 Å². The van der Waals surface area contributed by atoms with Crippen LogP contribution < -0.4 is 11.1 Å². The van der Waals surface area contributed by atoms with Gasteiger partial charge in [-0.15, -0.1) is 12.4 Å². The number of hydrogen-bond donors (Lipinski definition) is 2. The normalized spacial score (nSPS) is 15.1. The van der Waals surface area contributed by atoms with E-state index >= 15 is 0 Å². The smallest absolute Gasteiger partial charge is 0.282 e. The summed E-state index contributed by atoms with van der Waals surface area (Å²) in [6, 6.07) is 4.52. The van der Waals surface area contributed by atoms with Gasteiger partial charge in [0.25, 0.3) is 11.6 Å². The number of rotatable bonds is 5. The number of nitrogens with zero attached hydrogens (tertiary/aromatic N) is 1. The number of aryl methyl sites for hydroxylation is 1. The summed E-state index contributed by atoms with van der Waals surface area (Å²) in [6.07, 6.45) is 2.11. The lowest BCUT2D eigenvalue weighted by molar-refractivity contribution is -0.385. The van der Waals surface area contributed by atoms with Gasteiger partial charge >= 0.3 is 0 Å². The van der Waals surface area contributed by atoms with Crippen molar-refractivity contribution in [1.82, 2.24) is 5.32 Å². The molecule has 0 aromatic heterocycles. The minimum Gasteiger partial charge on any atom is -0.348 e. The van der Waals surface area contributed by atoms with E-state index in [1.54, 1.807) is 19.1 Å².